The average Bonchev–Trinajstić information content (AvgIpc) is 2.65. The van der Waals surface area contributed by atoms with E-state index >= 15 is 0 Å². The van der Waals surface area contributed by atoms with E-state index in [1.807, 2.05) is 0 Å². The number of carbonyl (C=O) groups is 2. The minimum atomic E-state index is -0.976. The second-order valence-electron chi connectivity index (χ2n) is 5.86. The molecule has 0 heterocycles. The van der Waals surface area contributed by atoms with Crippen molar-refractivity contribution in [3.8, 4) is 11.1 Å². The predicted molar refractivity (Wildman–Crippen MR) is 94.9 cm³/mol. The normalized spacial score (nSPS) is 11.7. The molecule has 26 heavy (non-hydrogen) atoms. The number of hydrogen-bond acceptors (Lipinski definition) is 6. The van der Waals surface area contributed by atoms with Crippen molar-refractivity contribution in [3.05, 3.63) is 63.7 Å². The van der Waals surface area contributed by atoms with Gasteiger partial charge in [0.2, 0.25) is 0 Å². The Morgan fingerprint density at radius 1 is 1.15 bits per heavy atom. The van der Waals surface area contributed by atoms with E-state index in [1.165, 1.54) is 32.2 Å². The molecule has 2 aromatic carbocycles. The van der Waals surface area contributed by atoms with Crippen molar-refractivity contribution in [1.82, 2.24) is 0 Å². The molecule has 1 atom stereocenters. The summed E-state index contributed by atoms with van der Waals surface area (Å²) in [6, 6.07) is 11.2. The van der Waals surface area contributed by atoms with Gasteiger partial charge in [0.15, 0.2) is 5.78 Å². The number of rotatable bonds is 7. The van der Waals surface area contributed by atoms with Crippen LogP contribution in [0.5, 0.6) is 0 Å². The number of nitrogens with zero attached hydrogens (tertiary/aromatic N) is 1. The number of hydrogen-bond donors (Lipinski definition) is 1. The molecule has 0 radical (unpaired) electrons. The summed E-state index contributed by atoms with van der Waals surface area (Å²) < 4.78 is 4.64. The van der Waals surface area contributed by atoms with Crippen LogP contribution in [-0.4, -0.2) is 35.0 Å². The molecule has 0 bridgehead atoms. The maximum atomic E-state index is 11.7. The van der Waals surface area contributed by atoms with Gasteiger partial charge in [-0.15, -0.1) is 0 Å². The number of nitro benzene ring substituents is 1. The highest BCUT2D eigenvalue weighted by atomic mass is 16.6. The van der Waals surface area contributed by atoms with Crippen molar-refractivity contribution in [1.29, 1.82) is 0 Å². The van der Waals surface area contributed by atoms with Crippen LogP contribution in [0, 0.1) is 10.1 Å². The number of ketones is 1. The summed E-state index contributed by atoms with van der Waals surface area (Å²) in [4.78, 5) is 33.8. The maximum Gasteiger partial charge on any atom is 0.338 e. The summed E-state index contributed by atoms with van der Waals surface area (Å²) in [6.45, 7) is 1.44. The Morgan fingerprint density at radius 2 is 1.81 bits per heavy atom. The standard InChI is InChI=1S/C19H19NO6/c1-12(21)18(22)8-5-13-3-6-14(7-4-13)15-9-16(19(23)26-2)11-17(10-15)20(24)25/h3-4,6-7,9-12,21H,5,8H2,1-2H3. The van der Waals surface area contributed by atoms with Gasteiger partial charge in [0, 0.05) is 18.6 Å². The number of aryl methyl sites for hydroxylation is 1. The second kappa shape index (κ2) is 8.35. The molecular weight excluding hydrogens is 338 g/mol. The van der Waals surface area contributed by atoms with E-state index in [-0.39, 0.29) is 23.5 Å². The molecule has 2 aromatic rings. The number of benzene rings is 2. The monoisotopic (exact) mass is 357 g/mol. The van der Waals surface area contributed by atoms with Gasteiger partial charge >= 0.3 is 5.97 Å². The van der Waals surface area contributed by atoms with E-state index in [9.17, 15) is 24.8 Å². The first-order valence-corrected chi connectivity index (χ1v) is 7.99. The molecule has 2 rings (SSSR count). The van der Waals surface area contributed by atoms with E-state index in [2.05, 4.69) is 4.74 Å². The van der Waals surface area contributed by atoms with E-state index < -0.39 is 17.0 Å². The number of esters is 1. The molecule has 0 spiro atoms. The Labute approximate surface area is 150 Å². The average molecular weight is 357 g/mol. The molecule has 0 amide bonds. The number of aliphatic hydroxyl groups is 1. The van der Waals surface area contributed by atoms with Crippen molar-refractivity contribution in [2.75, 3.05) is 7.11 Å². The van der Waals surface area contributed by atoms with Crippen LogP contribution < -0.4 is 0 Å². The van der Waals surface area contributed by atoms with E-state index in [4.69, 9.17) is 0 Å². The van der Waals surface area contributed by atoms with Crippen LogP contribution in [0.15, 0.2) is 42.5 Å². The van der Waals surface area contributed by atoms with Crippen molar-refractivity contribution < 1.29 is 24.4 Å². The first-order valence-electron chi connectivity index (χ1n) is 7.99. The Bertz CT molecular complexity index is 826. The fraction of sp³-hybridized carbons (Fsp3) is 0.263. The summed E-state index contributed by atoms with van der Waals surface area (Å²) in [5.74, 6) is -0.876. The molecule has 7 nitrogen and oxygen atoms in total. The Balaban J connectivity index is 2.27. The largest absolute Gasteiger partial charge is 0.465 e. The highest BCUT2D eigenvalue weighted by Gasteiger charge is 2.16. The molecular formula is C19H19NO6. The Morgan fingerprint density at radius 3 is 2.35 bits per heavy atom. The van der Waals surface area contributed by atoms with Gasteiger partial charge in [-0.3, -0.25) is 14.9 Å². The molecule has 0 aromatic heterocycles. The number of nitro groups is 1. The van der Waals surface area contributed by atoms with Gasteiger partial charge in [0.05, 0.1) is 17.6 Å². The zero-order valence-electron chi connectivity index (χ0n) is 14.5. The topological polar surface area (TPSA) is 107 Å². The molecule has 0 saturated heterocycles. The van der Waals surface area contributed by atoms with Crippen LogP contribution >= 0.6 is 0 Å². The van der Waals surface area contributed by atoms with Crippen LogP contribution in [0.1, 0.15) is 29.3 Å². The highest BCUT2D eigenvalue weighted by Crippen LogP contribution is 2.27. The quantitative estimate of drug-likeness (QED) is 0.464. The van der Waals surface area contributed by atoms with Gasteiger partial charge in [0.25, 0.3) is 5.69 Å². The fourth-order valence-electron chi connectivity index (χ4n) is 2.46. The van der Waals surface area contributed by atoms with Gasteiger partial charge in [0.1, 0.15) is 6.10 Å². The highest BCUT2D eigenvalue weighted by molar-refractivity contribution is 5.92. The predicted octanol–water partition coefficient (Wildman–Crippen LogP) is 2.93. The van der Waals surface area contributed by atoms with Gasteiger partial charge < -0.3 is 9.84 Å². The molecule has 0 aliphatic carbocycles. The summed E-state index contributed by atoms with van der Waals surface area (Å²) >= 11 is 0. The van der Waals surface area contributed by atoms with E-state index in [0.29, 0.717) is 17.5 Å². The minimum Gasteiger partial charge on any atom is -0.465 e. The fourth-order valence-corrected chi connectivity index (χ4v) is 2.46. The van der Waals surface area contributed by atoms with Crippen molar-refractivity contribution in [2.45, 2.75) is 25.9 Å². The number of non-ortho nitro benzene ring substituents is 1. The van der Waals surface area contributed by atoms with Crippen molar-refractivity contribution in [2.24, 2.45) is 0 Å². The van der Waals surface area contributed by atoms with Gasteiger partial charge in [-0.1, -0.05) is 24.3 Å². The van der Waals surface area contributed by atoms with E-state index in [1.54, 1.807) is 24.3 Å². The lowest BCUT2D eigenvalue weighted by molar-refractivity contribution is -0.384. The lowest BCUT2D eigenvalue weighted by atomic mass is 9.99. The van der Waals surface area contributed by atoms with E-state index in [0.717, 1.165) is 5.56 Å². The zero-order valence-corrected chi connectivity index (χ0v) is 14.5. The van der Waals surface area contributed by atoms with Gasteiger partial charge in [-0.05, 0) is 36.1 Å². The molecule has 0 saturated carbocycles. The third-order valence-electron chi connectivity index (χ3n) is 3.96. The number of ether oxygens (including phenoxy) is 1. The van der Waals surface area contributed by atoms with Crippen LogP contribution in [0.2, 0.25) is 0 Å². The number of aliphatic hydroxyl groups excluding tert-OH is 1. The third kappa shape index (κ3) is 4.73. The van der Waals surface area contributed by atoms with Crippen molar-refractivity contribution >= 4 is 17.4 Å². The minimum absolute atomic E-state index is 0.100. The van der Waals surface area contributed by atoms with Crippen molar-refractivity contribution in [3.63, 3.8) is 0 Å². The van der Waals surface area contributed by atoms with Gasteiger partial charge in [-0.25, -0.2) is 4.79 Å². The summed E-state index contributed by atoms with van der Waals surface area (Å²) in [6.07, 6.45) is -0.247. The molecule has 0 aliphatic heterocycles. The lowest BCUT2D eigenvalue weighted by Crippen LogP contribution is -2.16. The second-order valence-corrected chi connectivity index (χ2v) is 5.86. The van der Waals surface area contributed by atoms with Gasteiger partial charge in [-0.2, -0.15) is 0 Å². The molecule has 1 unspecified atom stereocenters. The number of carbonyl (C=O) groups excluding carboxylic acids is 2. The van der Waals surface area contributed by atoms with Crippen LogP contribution in [-0.2, 0) is 16.0 Å². The number of Topliss-reactive ketones (excluding diaryl/α,β-unsaturated/α-hetero) is 1. The smallest absolute Gasteiger partial charge is 0.338 e. The molecule has 7 heteroatoms. The molecule has 136 valence electrons. The summed E-state index contributed by atoms with van der Waals surface area (Å²) in [5.41, 5.74) is 2.02. The van der Waals surface area contributed by atoms with Crippen LogP contribution in [0.4, 0.5) is 5.69 Å². The Kier molecular flexibility index (Phi) is 6.19. The summed E-state index contributed by atoms with van der Waals surface area (Å²) in [5, 5.41) is 20.3. The molecule has 0 aliphatic rings. The molecule has 0 fully saturated rings. The summed E-state index contributed by atoms with van der Waals surface area (Å²) in [7, 11) is 1.21. The lowest BCUT2D eigenvalue weighted by Gasteiger charge is -2.07. The first kappa shape index (κ1) is 19.3. The number of methoxy groups -OCH3 is 1. The first-order chi connectivity index (χ1) is 12.3. The SMILES string of the molecule is COC(=O)c1cc(-c2ccc(CCC(=O)C(C)O)cc2)cc([N+](=O)[O-])c1. The third-order valence-corrected chi connectivity index (χ3v) is 3.96. The molecule has 1 N–H and O–H groups in total. The zero-order chi connectivity index (χ0) is 19.3. The van der Waals surface area contributed by atoms with Crippen LogP contribution in [0.25, 0.3) is 11.1 Å². The maximum absolute atomic E-state index is 11.7. The Hall–Kier alpha value is -3.06. The van der Waals surface area contributed by atoms with Crippen LogP contribution in [0.3, 0.4) is 0 Å².